The Balaban J connectivity index is 1.68. The van der Waals surface area contributed by atoms with Crippen molar-refractivity contribution in [1.29, 1.82) is 0 Å². The van der Waals surface area contributed by atoms with E-state index in [2.05, 4.69) is 5.32 Å². The smallest absolute Gasteiger partial charge is 0.306 e. The molecule has 2 aromatic carbocycles. The highest BCUT2D eigenvalue weighted by Gasteiger charge is 2.35. The molecule has 1 saturated heterocycles. The fraction of sp³-hybridized carbons (Fsp3) is 0.222. The third-order valence-electron chi connectivity index (χ3n) is 4.34. The van der Waals surface area contributed by atoms with Crippen LogP contribution in [0.25, 0.3) is 0 Å². The number of anilines is 1. The summed E-state index contributed by atoms with van der Waals surface area (Å²) >= 11 is 0. The van der Waals surface area contributed by atoms with E-state index in [1.807, 2.05) is 0 Å². The Kier molecular flexibility index (Phi) is 5.11. The SMILES string of the molecule is O=C(NCc1ccccc1F)C1CC(=O)N(c2ccc(F)c([N+](=O)[O-])c2)C1. The summed E-state index contributed by atoms with van der Waals surface area (Å²) in [5, 5.41) is 13.4. The van der Waals surface area contributed by atoms with Crippen LogP contribution in [0.1, 0.15) is 12.0 Å². The fourth-order valence-corrected chi connectivity index (χ4v) is 2.91. The predicted octanol–water partition coefficient (Wildman–Crippen LogP) is 2.54. The Labute approximate surface area is 152 Å². The standard InChI is InChI=1S/C18H15F2N3O4/c19-14-4-2-1-3-11(14)9-21-18(25)12-7-17(24)22(10-12)13-5-6-15(20)16(8-13)23(26)27/h1-6,8,12H,7,9-10H2,(H,21,25). The second-order valence-corrected chi connectivity index (χ2v) is 6.11. The lowest BCUT2D eigenvalue weighted by Crippen LogP contribution is -2.32. The van der Waals surface area contributed by atoms with E-state index in [0.717, 1.165) is 12.1 Å². The number of nitrogens with zero attached hydrogens (tertiary/aromatic N) is 2. The molecular weight excluding hydrogens is 360 g/mol. The van der Waals surface area contributed by atoms with Gasteiger partial charge in [0.25, 0.3) is 0 Å². The van der Waals surface area contributed by atoms with E-state index in [1.165, 1.54) is 23.1 Å². The van der Waals surface area contributed by atoms with Gasteiger partial charge in [0.1, 0.15) is 5.82 Å². The number of nitro groups is 1. The summed E-state index contributed by atoms with van der Waals surface area (Å²) in [7, 11) is 0. The highest BCUT2D eigenvalue weighted by atomic mass is 19.1. The van der Waals surface area contributed by atoms with Crippen molar-refractivity contribution < 1.29 is 23.3 Å². The molecule has 7 nitrogen and oxygen atoms in total. The van der Waals surface area contributed by atoms with Gasteiger partial charge in [-0.05, 0) is 18.2 Å². The molecule has 0 aliphatic carbocycles. The molecule has 1 fully saturated rings. The summed E-state index contributed by atoms with van der Waals surface area (Å²) in [6, 6.07) is 9.13. The van der Waals surface area contributed by atoms with Crippen molar-refractivity contribution in [2.45, 2.75) is 13.0 Å². The zero-order valence-corrected chi connectivity index (χ0v) is 14.0. The summed E-state index contributed by atoms with van der Waals surface area (Å²) in [6.07, 6.45) is -0.0890. The third-order valence-corrected chi connectivity index (χ3v) is 4.34. The highest BCUT2D eigenvalue weighted by Crippen LogP contribution is 2.29. The number of nitrogens with one attached hydrogen (secondary N) is 1. The molecule has 0 spiro atoms. The second kappa shape index (κ2) is 7.48. The van der Waals surface area contributed by atoms with Crippen LogP contribution < -0.4 is 10.2 Å². The van der Waals surface area contributed by atoms with Gasteiger partial charge in [-0.2, -0.15) is 4.39 Å². The summed E-state index contributed by atoms with van der Waals surface area (Å²) < 4.78 is 27.1. The van der Waals surface area contributed by atoms with Crippen LogP contribution >= 0.6 is 0 Å². The van der Waals surface area contributed by atoms with E-state index in [9.17, 15) is 28.5 Å². The van der Waals surface area contributed by atoms with E-state index in [-0.39, 0.29) is 25.2 Å². The molecule has 1 heterocycles. The number of carbonyl (C=O) groups excluding carboxylic acids is 2. The predicted molar refractivity (Wildman–Crippen MR) is 91.8 cm³/mol. The molecule has 0 aromatic heterocycles. The number of nitro benzene ring substituents is 1. The van der Waals surface area contributed by atoms with Crippen LogP contribution in [0, 0.1) is 27.7 Å². The van der Waals surface area contributed by atoms with Crippen molar-refractivity contribution in [1.82, 2.24) is 5.32 Å². The molecule has 1 aliphatic rings. The van der Waals surface area contributed by atoms with Crippen LogP contribution in [0.4, 0.5) is 20.2 Å². The third kappa shape index (κ3) is 3.91. The zero-order valence-electron chi connectivity index (χ0n) is 14.0. The summed E-state index contributed by atoms with van der Waals surface area (Å²) in [5.41, 5.74) is -0.272. The Morgan fingerprint density at radius 1 is 1.22 bits per heavy atom. The molecule has 3 rings (SSSR count). The molecule has 1 unspecified atom stereocenters. The molecule has 1 N–H and O–H groups in total. The second-order valence-electron chi connectivity index (χ2n) is 6.11. The average molecular weight is 375 g/mol. The van der Waals surface area contributed by atoms with Crippen molar-refractivity contribution >= 4 is 23.2 Å². The lowest BCUT2D eigenvalue weighted by atomic mass is 10.1. The monoisotopic (exact) mass is 375 g/mol. The number of amides is 2. The van der Waals surface area contributed by atoms with Crippen molar-refractivity contribution in [3.8, 4) is 0 Å². The van der Waals surface area contributed by atoms with Crippen molar-refractivity contribution in [3.05, 3.63) is 69.8 Å². The van der Waals surface area contributed by atoms with Gasteiger partial charge in [0.05, 0.1) is 16.5 Å². The summed E-state index contributed by atoms with van der Waals surface area (Å²) in [6.45, 7) is -0.0110. The molecule has 0 bridgehead atoms. The minimum Gasteiger partial charge on any atom is -0.352 e. The molecular formula is C18H15F2N3O4. The molecule has 140 valence electrons. The lowest BCUT2D eigenvalue weighted by molar-refractivity contribution is -0.387. The Morgan fingerprint density at radius 3 is 2.67 bits per heavy atom. The Hall–Kier alpha value is -3.36. The number of carbonyl (C=O) groups is 2. The van der Waals surface area contributed by atoms with Gasteiger partial charge < -0.3 is 10.2 Å². The molecule has 2 amide bonds. The van der Waals surface area contributed by atoms with Crippen LogP contribution in [0.2, 0.25) is 0 Å². The van der Waals surface area contributed by atoms with E-state index in [4.69, 9.17) is 0 Å². The van der Waals surface area contributed by atoms with E-state index < -0.39 is 40.0 Å². The van der Waals surface area contributed by atoms with Crippen LogP contribution in [-0.4, -0.2) is 23.3 Å². The molecule has 1 aliphatic heterocycles. The summed E-state index contributed by atoms with van der Waals surface area (Å²) in [4.78, 5) is 35.7. The van der Waals surface area contributed by atoms with E-state index >= 15 is 0 Å². The number of rotatable bonds is 5. The van der Waals surface area contributed by atoms with Crippen LogP contribution in [0.5, 0.6) is 0 Å². The molecule has 0 saturated carbocycles. The van der Waals surface area contributed by atoms with Gasteiger partial charge >= 0.3 is 5.69 Å². The maximum Gasteiger partial charge on any atom is 0.306 e. The number of hydrogen-bond donors (Lipinski definition) is 1. The largest absolute Gasteiger partial charge is 0.352 e. The van der Waals surface area contributed by atoms with Crippen molar-refractivity contribution in [2.75, 3.05) is 11.4 Å². The van der Waals surface area contributed by atoms with Gasteiger partial charge in [-0.1, -0.05) is 18.2 Å². The fourth-order valence-electron chi connectivity index (χ4n) is 2.91. The van der Waals surface area contributed by atoms with E-state index in [1.54, 1.807) is 12.1 Å². The lowest BCUT2D eigenvalue weighted by Gasteiger charge is -2.16. The first kappa shape index (κ1) is 18.4. The van der Waals surface area contributed by atoms with Gasteiger partial charge in [0, 0.05) is 31.1 Å². The topological polar surface area (TPSA) is 92.6 Å². The first-order valence-electron chi connectivity index (χ1n) is 8.12. The van der Waals surface area contributed by atoms with Gasteiger partial charge in [-0.25, -0.2) is 4.39 Å². The Bertz CT molecular complexity index is 919. The van der Waals surface area contributed by atoms with E-state index in [0.29, 0.717) is 5.56 Å². The van der Waals surface area contributed by atoms with Crippen LogP contribution in [-0.2, 0) is 16.1 Å². The first-order valence-corrected chi connectivity index (χ1v) is 8.12. The van der Waals surface area contributed by atoms with Gasteiger partial charge in [-0.15, -0.1) is 0 Å². The maximum atomic E-state index is 13.6. The first-order chi connectivity index (χ1) is 12.9. The van der Waals surface area contributed by atoms with Crippen molar-refractivity contribution in [2.24, 2.45) is 5.92 Å². The van der Waals surface area contributed by atoms with Gasteiger partial charge in [-0.3, -0.25) is 19.7 Å². The van der Waals surface area contributed by atoms with Crippen molar-refractivity contribution in [3.63, 3.8) is 0 Å². The highest BCUT2D eigenvalue weighted by molar-refractivity contribution is 6.00. The number of hydrogen-bond acceptors (Lipinski definition) is 4. The van der Waals surface area contributed by atoms with Crippen LogP contribution in [0.15, 0.2) is 42.5 Å². The van der Waals surface area contributed by atoms with Gasteiger partial charge in [0.2, 0.25) is 17.6 Å². The molecule has 1 atom stereocenters. The minimum absolute atomic E-state index is 0.00469. The molecule has 9 heteroatoms. The zero-order chi connectivity index (χ0) is 19.6. The quantitative estimate of drug-likeness (QED) is 0.642. The maximum absolute atomic E-state index is 13.6. The number of halogens is 2. The molecule has 2 aromatic rings. The normalized spacial score (nSPS) is 16.4. The van der Waals surface area contributed by atoms with Crippen LogP contribution in [0.3, 0.4) is 0 Å². The summed E-state index contributed by atoms with van der Waals surface area (Å²) in [5.74, 6) is -2.96. The van der Waals surface area contributed by atoms with Gasteiger partial charge in [0.15, 0.2) is 0 Å². The molecule has 0 radical (unpaired) electrons. The molecule has 27 heavy (non-hydrogen) atoms. The minimum atomic E-state index is -1.01. The number of benzene rings is 2. The average Bonchev–Trinajstić information content (AvgIpc) is 3.03. The Morgan fingerprint density at radius 2 is 1.96 bits per heavy atom.